The van der Waals surface area contributed by atoms with Crippen molar-refractivity contribution < 1.29 is 9.47 Å². The summed E-state index contributed by atoms with van der Waals surface area (Å²) in [6.45, 7) is 9.32. The van der Waals surface area contributed by atoms with Gasteiger partial charge in [-0.3, -0.25) is 0 Å². The van der Waals surface area contributed by atoms with Gasteiger partial charge in [0.15, 0.2) is 0 Å². The van der Waals surface area contributed by atoms with Gasteiger partial charge < -0.3 is 19.7 Å². The molecule has 0 aromatic carbocycles. The quantitative estimate of drug-likeness (QED) is 0.602. The molecule has 0 aromatic rings. The molecule has 0 aromatic heterocycles. The lowest BCUT2D eigenvalue weighted by Crippen LogP contribution is -2.43. The standard InChI is InChI=1S/C14H30N2O2/c1-3-7-15-14-5-9-16(10-6-14)8-4-11-18-13-12-17-2/h14-15H,3-13H2,1-2H3. The topological polar surface area (TPSA) is 33.7 Å². The van der Waals surface area contributed by atoms with Gasteiger partial charge in [-0.2, -0.15) is 0 Å². The van der Waals surface area contributed by atoms with Gasteiger partial charge >= 0.3 is 0 Å². The third-order valence-corrected chi connectivity index (χ3v) is 3.47. The van der Waals surface area contributed by atoms with Crippen LogP contribution in [0.15, 0.2) is 0 Å². The van der Waals surface area contributed by atoms with Gasteiger partial charge in [-0.25, -0.2) is 0 Å². The number of nitrogens with zero attached hydrogens (tertiary/aromatic N) is 1. The minimum absolute atomic E-state index is 0.703. The van der Waals surface area contributed by atoms with E-state index in [4.69, 9.17) is 9.47 Å². The Bertz CT molecular complexity index is 183. The molecule has 0 radical (unpaired) electrons. The Morgan fingerprint density at radius 2 is 1.94 bits per heavy atom. The summed E-state index contributed by atoms with van der Waals surface area (Å²) >= 11 is 0. The van der Waals surface area contributed by atoms with Crippen LogP contribution in [-0.4, -0.2) is 64.1 Å². The first-order valence-electron chi connectivity index (χ1n) is 7.39. The van der Waals surface area contributed by atoms with Gasteiger partial charge in [0.25, 0.3) is 0 Å². The molecule has 4 nitrogen and oxygen atoms in total. The van der Waals surface area contributed by atoms with Crippen molar-refractivity contribution in [2.75, 3.05) is 53.1 Å². The van der Waals surface area contributed by atoms with Crippen LogP contribution >= 0.6 is 0 Å². The van der Waals surface area contributed by atoms with Crippen molar-refractivity contribution in [3.8, 4) is 0 Å². The molecule has 1 heterocycles. The molecule has 0 aliphatic carbocycles. The number of nitrogens with one attached hydrogen (secondary N) is 1. The molecule has 0 saturated carbocycles. The number of methoxy groups -OCH3 is 1. The molecule has 1 saturated heterocycles. The molecule has 4 heteroatoms. The van der Waals surface area contributed by atoms with Crippen molar-refractivity contribution >= 4 is 0 Å². The Balaban J connectivity index is 1.92. The molecule has 0 spiro atoms. The Hall–Kier alpha value is -0.160. The van der Waals surface area contributed by atoms with E-state index in [1.54, 1.807) is 7.11 Å². The van der Waals surface area contributed by atoms with Gasteiger partial charge in [0.2, 0.25) is 0 Å². The van der Waals surface area contributed by atoms with E-state index in [2.05, 4.69) is 17.1 Å². The van der Waals surface area contributed by atoms with Gasteiger partial charge in [0.05, 0.1) is 13.2 Å². The normalized spacial score (nSPS) is 18.3. The fraction of sp³-hybridized carbons (Fsp3) is 1.00. The zero-order chi connectivity index (χ0) is 13.1. The van der Waals surface area contributed by atoms with E-state index >= 15 is 0 Å². The summed E-state index contributed by atoms with van der Waals surface area (Å²) < 4.78 is 10.4. The maximum absolute atomic E-state index is 5.48. The van der Waals surface area contributed by atoms with Crippen LogP contribution in [-0.2, 0) is 9.47 Å². The Morgan fingerprint density at radius 3 is 2.61 bits per heavy atom. The predicted octanol–water partition coefficient (Wildman–Crippen LogP) is 1.50. The minimum atomic E-state index is 0.703. The number of hydrogen-bond acceptors (Lipinski definition) is 4. The molecule has 1 rings (SSSR count). The van der Waals surface area contributed by atoms with Crippen molar-refractivity contribution in [3.63, 3.8) is 0 Å². The summed E-state index contributed by atoms with van der Waals surface area (Å²) in [7, 11) is 1.71. The average molecular weight is 258 g/mol. The average Bonchev–Trinajstić information content (AvgIpc) is 2.42. The SMILES string of the molecule is CCCNC1CCN(CCCOCCOC)CC1. The van der Waals surface area contributed by atoms with E-state index in [0.717, 1.165) is 32.2 Å². The van der Waals surface area contributed by atoms with Crippen LogP contribution in [0.3, 0.4) is 0 Å². The first-order chi connectivity index (χ1) is 8.86. The lowest BCUT2D eigenvalue weighted by molar-refractivity contribution is 0.0636. The van der Waals surface area contributed by atoms with Crippen molar-refractivity contribution in [1.82, 2.24) is 10.2 Å². The monoisotopic (exact) mass is 258 g/mol. The zero-order valence-electron chi connectivity index (χ0n) is 12.1. The first kappa shape index (κ1) is 15.9. The van der Waals surface area contributed by atoms with E-state index in [0.29, 0.717) is 6.61 Å². The zero-order valence-corrected chi connectivity index (χ0v) is 12.1. The van der Waals surface area contributed by atoms with Gasteiger partial charge in [-0.1, -0.05) is 6.92 Å². The molecule has 0 atom stereocenters. The predicted molar refractivity (Wildman–Crippen MR) is 75.1 cm³/mol. The molecule has 1 fully saturated rings. The lowest BCUT2D eigenvalue weighted by atomic mass is 10.0. The van der Waals surface area contributed by atoms with Crippen LogP contribution in [0, 0.1) is 0 Å². The number of likely N-dealkylation sites (tertiary alicyclic amines) is 1. The molecule has 1 aliphatic heterocycles. The van der Waals surface area contributed by atoms with E-state index in [9.17, 15) is 0 Å². The van der Waals surface area contributed by atoms with E-state index in [-0.39, 0.29) is 0 Å². The highest BCUT2D eigenvalue weighted by molar-refractivity contribution is 4.76. The summed E-state index contributed by atoms with van der Waals surface area (Å²) in [5.41, 5.74) is 0. The summed E-state index contributed by atoms with van der Waals surface area (Å²) in [5, 5.41) is 3.62. The van der Waals surface area contributed by atoms with Crippen molar-refractivity contribution in [3.05, 3.63) is 0 Å². The minimum Gasteiger partial charge on any atom is -0.382 e. The number of hydrogen-bond donors (Lipinski definition) is 1. The fourth-order valence-electron chi connectivity index (χ4n) is 2.34. The smallest absolute Gasteiger partial charge is 0.0700 e. The Labute approximate surface area is 112 Å². The maximum atomic E-state index is 5.48. The van der Waals surface area contributed by atoms with Crippen molar-refractivity contribution in [2.45, 2.75) is 38.6 Å². The highest BCUT2D eigenvalue weighted by Gasteiger charge is 2.17. The third-order valence-electron chi connectivity index (χ3n) is 3.47. The highest BCUT2D eigenvalue weighted by Crippen LogP contribution is 2.10. The summed E-state index contributed by atoms with van der Waals surface area (Å²) in [6.07, 6.45) is 4.96. The Kier molecular flexibility index (Phi) is 9.48. The van der Waals surface area contributed by atoms with Crippen molar-refractivity contribution in [1.29, 1.82) is 0 Å². The number of ether oxygens (including phenoxy) is 2. The van der Waals surface area contributed by atoms with Gasteiger partial charge in [0.1, 0.15) is 0 Å². The second-order valence-electron chi connectivity index (χ2n) is 5.03. The molecule has 1 aliphatic rings. The second kappa shape index (κ2) is 10.7. The molecular weight excluding hydrogens is 228 g/mol. The summed E-state index contributed by atoms with van der Waals surface area (Å²) in [5.74, 6) is 0. The summed E-state index contributed by atoms with van der Waals surface area (Å²) in [4.78, 5) is 2.56. The number of piperidine rings is 1. The molecule has 0 bridgehead atoms. The molecular formula is C14H30N2O2. The van der Waals surface area contributed by atoms with Crippen LogP contribution in [0.25, 0.3) is 0 Å². The van der Waals surface area contributed by atoms with E-state index in [1.165, 1.54) is 38.9 Å². The van der Waals surface area contributed by atoms with Crippen molar-refractivity contribution in [2.24, 2.45) is 0 Å². The van der Waals surface area contributed by atoms with Crippen LogP contribution in [0.1, 0.15) is 32.6 Å². The van der Waals surface area contributed by atoms with Gasteiger partial charge in [-0.15, -0.1) is 0 Å². The van der Waals surface area contributed by atoms with Crippen LogP contribution in [0.2, 0.25) is 0 Å². The highest BCUT2D eigenvalue weighted by atomic mass is 16.5. The first-order valence-corrected chi connectivity index (χ1v) is 7.39. The van der Waals surface area contributed by atoms with Crippen LogP contribution < -0.4 is 5.32 Å². The van der Waals surface area contributed by atoms with E-state index < -0.39 is 0 Å². The number of rotatable bonds is 10. The fourth-order valence-corrected chi connectivity index (χ4v) is 2.34. The molecule has 18 heavy (non-hydrogen) atoms. The maximum Gasteiger partial charge on any atom is 0.0700 e. The molecule has 1 N–H and O–H groups in total. The summed E-state index contributed by atoms with van der Waals surface area (Å²) in [6, 6.07) is 0.749. The van der Waals surface area contributed by atoms with Gasteiger partial charge in [-0.05, 0) is 45.3 Å². The molecule has 0 unspecified atom stereocenters. The Morgan fingerprint density at radius 1 is 1.17 bits per heavy atom. The lowest BCUT2D eigenvalue weighted by Gasteiger charge is -2.32. The van der Waals surface area contributed by atoms with Gasteiger partial charge in [0, 0.05) is 26.3 Å². The molecule has 108 valence electrons. The van der Waals surface area contributed by atoms with Crippen LogP contribution in [0.5, 0.6) is 0 Å². The third kappa shape index (κ3) is 7.31. The largest absolute Gasteiger partial charge is 0.382 e. The van der Waals surface area contributed by atoms with E-state index in [1.807, 2.05) is 0 Å². The van der Waals surface area contributed by atoms with Crippen LogP contribution in [0.4, 0.5) is 0 Å². The second-order valence-corrected chi connectivity index (χ2v) is 5.03. The molecule has 0 amide bonds.